The summed E-state index contributed by atoms with van der Waals surface area (Å²) in [5.74, 6) is -1.88. The molecule has 0 spiro atoms. The van der Waals surface area contributed by atoms with Gasteiger partial charge in [0.15, 0.2) is 5.78 Å². The first-order chi connectivity index (χ1) is 15.3. The van der Waals surface area contributed by atoms with Crippen molar-refractivity contribution < 1.29 is 24.2 Å². The molecule has 8 heteroatoms. The largest absolute Gasteiger partial charge is 0.488 e. The monoisotopic (exact) mass is 468 g/mol. The van der Waals surface area contributed by atoms with Crippen LogP contribution >= 0.6 is 12.4 Å². The Labute approximate surface area is 198 Å². The lowest BCUT2D eigenvalue weighted by atomic mass is 9.98. The average molecular weight is 469 g/mol. The quantitative estimate of drug-likeness (QED) is 0.459. The lowest BCUT2D eigenvalue weighted by Crippen LogP contribution is -2.28. The minimum atomic E-state index is -1.20. The van der Waals surface area contributed by atoms with E-state index in [1.54, 1.807) is 49.3 Å². The molecule has 0 aliphatic rings. The Bertz CT molecular complexity index is 1120. The van der Waals surface area contributed by atoms with Crippen LogP contribution in [0, 0.1) is 0 Å². The number of anilines is 1. The third kappa shape index (κ3) is 6.90. The highest BCUT2D eigenvalue weighted by atomic mass is 35.5. The summed E-state index contributed by atoms with van der Waals surface area (Å²) in [5.41, 5.74) is 1.34. The number of carboxylic acids is 1. The molecule has 0 unspecified atom stereocenters. The Kier molecular flexibility index (Phi) is 9.15. The van der Waals surface area contributed by atoms with Crippen molar-refractivity contribution in [3.05, 3.63) is 95.1 Å². The summed E-state index contributed by atoms with van der Waals surface area (Å²) in [6, 6.07) is 20.4. The van der Waals surface area contributed by atoms with Crippen LogP contribution in [0.2, 0.25) is 0 Å². The summed E-state index contributed by atoms with van der Waals surface area (Å²) in [6.07, 6.45) is 0. The van der Waals surface area contributed by atoms with E-state index >= 15 is 0 Å². The second-order valence-electron chi connectivity index (χ2n) is 7.46. The van der Waals surface area contributed by atoms with E-state index in [-0.39, 0.29) is 59.8 Å². The fraction of sp³-hybridized carbons (Fsp3) is 0.160. The number of likely N-dealkylation sites (N-methyl/N-ethyl adjacent to an activating group) is 1. The van der Waals surface area contributed by atoms with E-state index in [0.717, 1.165) is 5.56 Å². The Morgan fingerprint density at radius 3 is 2.09 bits per heavy atom. The summed E-state index contributed by atoms with van der Waals surface area (Å²) in [5, 5.41) is 12.3. The Hall–Kier alpha value is -3.68. The van der Waals surface area contributed by atoms with Crippen molar-refractivity contribution in [1.29, 1.82) is 0 Å². The summed E-state index contributed by atoms with van der Waals surface area (Å²) in [7, 11) is 3.47. The molecule has 3 rings (SSSR count). The first-order valence-corrected chi connectivity index (χ1v) is 9.97. The summed E-state index contributed by atoms with van der Waals surface area (Å²) < 4.78 is 5.91. The van der Waals surface area contributed by atoms with Gasteiger partial charge in [0.05, 0.1) is 23.4 Å². The third-order valence-corrected chi connectivity index (χ3v) is 4.58. The van der Waals surface area contributed by atoms with Crippen LogP contribution in [-0.4, -0.2) is 48.3 Å². The van der Waals surface area contributed by atoms with E-state index in [9.17, 15) is 19.5 Å². The first-order valence-electron chi connectivity index (χ1n) is 9.97. The Morgan fingerprint density at radius 2 is 1.52 bits per heavy atom. The summed E-state index contributed by atoms with van der Waals surface area (Å²) in [6.45, 7) is 0.195. The molecule has 33 heavy (non-hydrogen) atoms. The molecule has 3 aromatic carbocycles. The van der Waals surface area contributed by atoms with Gasteiger partial charge in [0, 0.05) is 5.56 Å². The topological polar surface area (TPSA) is 95.9 Å². The van der Waals surface area contributed by atoms with Crippen molar-refractivity contribution in [2.45, 2.75) is 6.61 Å². The number of nitrogens with zero attached hydrogens (tertiary/aromatic N) is 1. The number of nitrogens with one attached hydrogen (secondary N) is 1. The van der Waals surface area contributed by atoms with Crippen LogP contribution in [0.1, 0.15) is 31.8 Å². The highest BCUT2D eigenvalue weighted by Crippen LogP contribution is 2.32. The van der Waals surface area contributed by atoms with Gasteiger partial charge in [-0.25, -0.2) is 4.79 Å². The molecule has 0 radical (unpaired) electrons. The number of carbonyl (C=O) groups excluding carboxylic acids is 2. The van der Waals surface area contributed by atoms with Gasteiger partial charge in [0.1, 0.15) is 12.4 Å². The second-order valence-corrected chi connectivity index (χ2v) is 7.46. The zero-order valence-corrected chi connectivity index (χ0v) is 19.1. The second kappa shape index (κ2) is 11.8. The van der Waals surface area contributed by atoms with Crippen LogP contribution in [0.4, 0.5) is 5.69 Å². The standard InChI is InChI=1S/C25H24N2O5.ClH/c1-27(2)15-22(28)26-20-13-19(25(30)31)14-21(32-16-17-9-5-3-6-10-17)23(20)24(29)18-11-7-4-8-12-18;/h3-14H,15-16H2,1-2H3,(H,26,28)(H,30,31);1H. The predicted octanol–water partition coefficient (Wildman–Crippen LogP) is 4.12. The van der Waals surface area contributed by atoms with Crippen molar-refractivity contribution in [3.8, 4) is 5.75 Å². The maximum Gasteiger partial charge on any atom is 0.335 e. The van der Waals surface area contributed by atoms with Crippen molar-refractivity contribution in [2.24, 2.45) is 0 Å². The zero-order chi connectivity index (χ0) is 23.1. The van der Waals surface area contributed by atoms with Crippen LogP contribution in [0.5, 0.6) is 5.75 Å². The van der Waals surface area contributed by atoms with Gasteiger partial charge in [-0.15, -0.1) is 12.4 Å². The lowest BCUT2D eigenvalue weighted by Gasteiger charge is -2.18. The molecule has 0 atom stereocenters. The van der Waals surface area contributed by atoms with Crippen LogP contribution in [0.15, 0.2) is 72.8 Å². The summed E-state index contributed by atoms with van der Waals surface area (Å²) >= 11 is 0. The van der Waals surface area contributed by atoms with Crippen molar-refractivity contribution in [1.82, 2.24) is 4.90 Å². The molecule has 0 aliphatic heterocycles. The summed E-state index contributed by atoms with van der Waals surface area (Å²) in [4.78, 5) is 39.3. The molecule has 0 bridgehead atoms. The van der Waals surface area contributed by atoms with E-state index < -0.39 is 5.97 Å². The number of hydrogen-bond acceptors (Lipinski definition) is 5. The normalized spacial score (nSPS) is 10.3. The van der Waals surface area contributed by atoms with Crippen molar-refractivity contribution in [2.75, 3.05) is 26.0 Å². The first kappa shape index (κ1) is 25.6. The molecule has 0 fully saturated rings. The molecule has 172 valence electrons. The van der Waals surface area contributed by atoms with Gasteiger partial charge >= 0.3 is 5.97 Å². The molecule has 0 saturated heterocycles. The predicted molar refractivity (Wildman–Crippen MR) is 128 cm³/mol. The van der Waals surface area contributed by atoms with Gasteiger partial charge in [-0.3, -0.25) is 9.59 Å². The van der Waals surface area contributed by atoms with Gasteiger partial charge in [0.2, 0.25) is 5.91 Å². The van der Waals surface area contributed by atoms with E-state index in [0.29, 0.717) is 5.56 Å². The fourth-order valence-electron chi connectivity index (χ4n) is 3.13. The number of ether oxygens (including phenoxy) is 1. The molecular weight excluding hydrogens is 444 g/mol. The highest BCUT2D eigenvalue weighted by Gasteiger charge is 2.24. The average Bonchev–Trinajstić information content (AvgIpc) is 2.77. The van der Waals surface area contributed by atoms with Crippen LogP contribution in [0.25, 0.3) is 0 Å². The number of carbonyl (C=O) groups is 3. The number of hydrogen-bond donors (Lipinski definition) is 2. The number of amides is 1. The molecule has 2 N–H and O–H groups in total. The maximum atomic E-state index is 13.4. The van der Waals surface area contributed by atoms with Gasteiger partial charge < -0.3 is 20.1 Å². The zero-order valence-electron chi connectivity index (χ0n) is 18.3. The van der Waals surface area contributed by atoms with Crippen LogP contribution in [-0.2, 0) is 11.4 Å². The van der Waals surface area contributed by atoms with Gasteiger partial charge in [-0.05, 0) is 31.8 Å². The van der Waals surface area contributed by atoms with E-state index in [1.165, 1.54) is 12.1 Å². The lowest BCUT2D eigenvalue weighted by molar-refractivity contribution is -0.116. The SMILES string of the molecule is CN(C)CC(=O)Nc1cc(C(=O)O)cc(OCc2ccccc2)c1C(=O)c1ccccc1.Cl. The molecular formula is C25H25ClN2O5. The smallest absolute Gasteiger partial charge is 0.335 e. The molecule has 0 saturated carbocycles. The maximum absolute atomic E-state index is 13.4. The van der Waals surface area contributed by atoms with Crippen molar-refractivity contribution >= 4 is 35.8 Å². The van der Waals surface area contributed by atoms with Gasteiger partial charge in [-0.1, -0.05) is 60.7 Å². The van der Waals surface area contributed by atoms with Crippen LogP contribution in [0.3, 0.4) is 0 Å². The van der Waals surface area contributed by atoms with E-state index in [1.807, 2.05) is 30.3 Å². The van der Waals surface area contributed by atoms with E-state index in [4.69, 9.17) is 4.74 Å². The number of ketones is 1. The number of carboxylic acid groups (broad SMARTS) is 1. The number of aromatic carboxylic acids is 1. The Balaban J connectivity index is 0.00000385. The molecule has 0 aromatic heterocycles. The molecule has 7 nitrogen and oxygen atoms in total. The minimum absolute atomic E-state index is 0. The Morgan fingerprint density at radius 1 is 0.909 bits per heavy atom. The van der Waals surface area contributed by atoms with Crippen LogP contribution < -0.4 is 10.1 Å². The molecule has 1 amide bonds. The molecule has 3 aromatic rings. The van der Waals surface area contributed by atoms with Gasteiger partial charge in [0.25, 0.3) is 0 Å². The van der Waals surface area contributed by atoms with Crippen molar-refractivity contribution in [3.63, 3.8) is 0 Å². The highest BCUT2D eigenvalue weighted by molar-refractivity contribution is 6.16. The molecule has 0 aliphatic carbocycles. The number of rotatable bonds is 9. The van der Waals surface area contributed by atoms with E-state index in [2.05, 4.69) is 5.32 Å². The number of benzene rings is 3. The minimum Gasteiger partial charge on any atom is -0.488 e. The fourth-order valence-corrected chi connectivity index (χ4v) is 3.13. The van der Waals surface area contributed by atoms with Gasteiger partial charge in [-0.2, -0.15) is 0 Å². The third-order valence-electron chi connectivity index (χ3n) is 4.58. The number of halogens is 1. The molecule has 0 heterocycles.